The summed E-state index contributed by atoms with van der Waals surface area (Å²) in [4.78, 5) is 0. The Kier molecular flexibility index (Phi) is 4.92. The normalized spacial score (nSPS) is 20.6. The summed E-state index contributed by atoms with van der Waals surface area (Å²) in [6.07, 6.45) is 1.19. The smallest absolute Gasteiger partial charge is 0.0748 e. The molecule has 1 nitrogen and oxygen atoms in total. The lowest BCUT2D eigenvalue weighted by Crippen LogP contribution is -2.17. The molecular weight excluding hydrogens is 155 g/mol. The van der Waals surface area contributed by atoms with E-state index in [-0.39, 0.29) is 0 Å². The van der Waals surface area contributed by atoms with Crippen molar-refractivity contribution in [3.8, 4) is 0 Å². The summed E-state index contributed by atoms with van der Waals surface area (Å²) in [6, 6.07) is 0. The second-order valence-electron chi connectivity index (χ2n) is 3.53. The van der Waals surface area contributed by atoms with Gasteiger partial charge in [-0.1, -0.05) is 31.8 Å². The van der Waals surface area contributed by atoms with Gasteiger partial charge in [-0.3, -0.25) is 0 Å². The third-order valence-corrected chi connectivity index (χ3v) is 4.49. The maximum atomic E-state index is 11.2. The first kappa shape index (κ1) is 11.1. The summed E-state index contributed by atoms with van der Waals surface area (Å²) in [7, 11) is -0.989. The Balaban J connectivity index is 4.00. The van der Waals surface area contributed by atoms with Crippen molar-refractivity contribution in [1.82, 2.24) is 0 Å². The lowest BCUT2D eigenvalue weighted by atomic mass is 9.91. The minimum absolute atomic E-state index is 0.375. The Morgan fingerprint density at radius 3 is 2.00 bits per heavy atom. The van der Waals surface area contributed by atoms with Crippen LogP contribution in [0.4, 0.5) is 0 Å². The van der Waals surface area contributed by atoms with Crippen LogP contribution in [0.15, 0.2) is 0 Å². The SMILES string of the molecule is CCC(C)C(C)C(C)[P+](C)=O. The van der Waals surface area contributed by atoms with Gasteiger partial charge in [0.15, 0.2) is 5.66 Å². The van der Waals surface area contributed by atoms with E-state index in [0.29, 0.717) is 17.5 Å². The molecule has 0 aliphatic heterocycles. The van der Waals surface area contributed by atoms with E-state index in [1.54, 1.807) is 0 Å². The highest BCUT2D eigenvalue weighted by atomic mass is 31.1. The van der Waals surface area contributed by atoms with Crippen LogP contribution in [0.5, 0.6) is 0 Å². The molecule has 0 heterocycles. The molecule has 66 valence electrons. The van der Waals surface area contributed by atoms with E-state index in [4.69, 9.17) is 0 Å². The minimum Gasteiger partial charge on any atom is -0.0748 e. The van der Waals surface area contributed by atoms with Gasteiger partial charge in [0.2, 0.25) is 0 Å². The first-order valence-corrected chi connectivity index (χ1v) is 6.18. The van der Waals surface area contributed by atoms with Crippen molar-refractivity contribution < 1.29 is 4.57 Å². The molecule has 11 heavy (non-hydrogen) atoms. The Bertz CT molecular complexity index is 134. The number of hydrogen-bond donors (Lipinski definition) is 0. The van der Waals surface area contributed by atoms with Gasteiger partial charge in [-0.2, -0.15) is 0 Å². The molecule has 0 saturated carbocycles. The number of hydrogen-bond acceptors (Lipinski definition) is 1. The highest BCUT2D eigenvalue weighted by Gasteiger charge is 2.28. The largest absolute Gasteiger partial charge is 0.338 e. The van der Waals surface area contributed by atoms with Crippen molar-refractivity contribution in [2.45, 2.75) is 39.8 Å². The van der Waals surface area contributed by atoms with Gasteiger partial charge in [0.05, 0.1) is 0 Å². The topological polar surface area (TPSA) is 17.1 Å². The van der Waals surface area contributed by atoms with Gasteiger partial charge in [-0.25, -0.2) is 0 Å². The fraction of sp³-hybridized carbons (Fsp3) is 1.00. The molecule has 0 aromatic heterocycles. The molecule has 0 bridgehead atoms. The van der Waals surface area contributed by atoms with E-state index < -0.39 is 7.80 Å². The fourth-order valence-corrected chi connectivity index (χ4v) is 2.13. The molecule has 0 N–H and O–H groups in total. The maximum Gasteiger partial charge on any atom is 0.338 e. The van der Waals surface area contributed by atoms with Crippen molar-refractivity contribution in [1.29, 1.82) is 0 Å². The summed E-state index contributed by atoms with van der Waals surface area (Å²) in [5.41, 5.74) is 0.375. The lowest BCUT2D eigenvalue weighted by Gasteiger charge is -2.17. The van der Waals surface area contributed by atoms with E-state index in [0.717, 1.165) is 0 Å². The molecule has 0 spiro atoms. The highest BCUT2D eigenvalue weighted by molar-refractivity contribution is 7.44. The lowest BCUT2D eigenvalue weighted by molar-refractivity contribution is 0.368. The Labute approximate surface area is 71.4 Å². The highest BCUT2D eigenvalue weighted by Crippen LogP contribution is 2.33. The average Bonchev–Trinajstić information content (AvgIpc) is 2.00. The van der Waals surface area contributed by atoms with E-state index in [1.165, 1.54) is 6.42 Å². The van der Waals surface area contributed by atoms with Crippen LogP contribution in [0.25, 0.3) is 0 Å². The van der Waals surface area contributed by atoms with E-state index >= 15 is 0 Å². The molecule has 0 saturated heterocycles. The molecular formula is C9H20OP+. The van der Waals surface area contributed by atoms with Gasteiger partial charge in [-0.15, -0.1) is 0 Å². The van der Waals surface area contributed by atoms with Crippen LogP contribution in [-0.2, 0) is 4.57 Å². The number of rotatable bonds is 4. The predicted octanol–water partition coefficient (Wildman–Crippen LogP) is 3.51. The van der Waals surface area contributed by atoms with E-state index in [1.807, 2.05) is 6.66 Å². The van der Waals surface area contributed by atoms with Crippen LogP contribution in [0.1, 0.15) is 34.1 Å². The van der Waals surface area contributed by atoms with Crippen molar-refractivity contribution in [3.63, 3.8) is 0 Å². The summed E-state index contributed by atoms with van der Waals surface area (Å²) in [5, 5.41) is 0. The van der Waals surface area contributed by atoms with Gasteiger partial charge >= 0.3 is 7.80 Å². The van der Waals surface area contributed by atoms with Crippen LogP contribution in [-0.4, -0.2) is 12.3 Å². The van der Waals surface area contributed by atoms with Crippen LogP contribution < -0.4 is 0 Å². The zero-order chi connectivity index (χ0) is 9.02. The monoisotopic (exact) mass is 175 g/mol. The molecule has 0 aliphatic rings. The Morgan fingerprint density at radius 2 is 1.73 bits per heavy atom. The summed E-state index contributed by atoms with van der Waals surface area (Å²) in [5.74, 6) is 1.29. The van der Waals surface area contributed by atoms with Gasteiger partial charge < -0.3 is 0 Å². The third-order valence-electron chi connectivity index (χ3n) is 2.88. The maximum absolute atomic E-state index is 11.2. The Morgan fingerprint density at radius 1 is 1.27 bits per heavy atom. The first-order valence-electron chi connectivity index (χ1n) is 4.40. The van der Waals surface area contributed by atoms with Gasteiger partial charge in [0, 0.05) is 5.92 Å². The summed E-state index contributed by atoms with van der Waals surface area (Å²) in [6.45, 7) is 10.6. The van der Waals surface area contributed by atoms with Crippen molar-refractivity contribution in [2.75, 3.05) is 6.66 Å². The second kappa shape index (κ2) is 4.87. The van der Waals surface area contributed by atoms with Crippen LogP contribution >= 0.6 is 7.80 Å². The van der Waals surface area contributed by atoms with Gasteiger partial charge in [-0.05, 0) is 12.8 Å². The Hall–Kier alpha value is 0.100. The molecule has 0 amide bonds. The fourth-order valence-electron chi connectivity index (χ4n) is 1.18. The summed E-state index contributed by atoms with van der Waals surface area (Å²) < 4.78 is 11.2. The molecule has 4 atom stereocenters. The average molecular weight is 175 g/mol. The zero-order valence-corrected chi connectivity index (χ0v) is 9.19. The minimum atomic E-state index is -0.989. The molecule has 0 aromatic rings. The van der Waals surface area contributed by atoms with Crippen LogP contribution in [0.3, 0.4) is 0 Å². The van der Waals surface area contributed by atoms with Crippen LogP contribution in [0, 0.1) is 11.8 Å². The van der Waals surface area contributed by atoms with Gasteiger partial charge in [0.1, 0.15) is 6.66 Å². The van der Waals surface area contributed by atoms with E-state index in [9.17, 15) is 4.57 Å². The second-order valence-corrected chi connectivity index (χ2v) is 5.44. The molecule has 4 unspecified atom stereocenters. The first-order chi connectivity index (χ1) is 5.00. The third kappa shape index (κ3) is 3.33. The van der Waals surface area contributed by atoms with E-state index in [2.05, 4.69) is 27.7 Å². The quantitative estimate of drug-likeness (QED) is 0.597. The van der Waals surface area contributed by atoms with Crippen molar-refractivity contribution >= 4 is 7.80 Å². The predicted molar refractivity (Wildman–Crippen MR) is 51.6 cm³/mol. The van der Waals surface area contributed by atoms with Crippen molar-refractivity contribution in [3.05, 3.63) is 0 Å². The molecule has 0 aliphatic carbocycles. The molecule has 0 rings (SSSR count). The zero-order valence-electron chi connectivity index (χ0n) is 8.29. The van der Waals surface area contributed by atoms with Gasteiger partial charge in [0.25, 0.3) is 0 Å². The van der Waals surface area contributed by atoms with Crippen LogP contribution in [0.2, 0.25) is 0 Å². The molecule has 0 radical (unpaired) electrons. The molecule has 0 fully saturated rings. The summed E-state index contributed by atoms with van der Waals surface area (Å²) >= 11 is 0. The molecule has 0 aromatic carbocycles. The molecule has 2 heteroatoms. The standard InChI is InChI=1S/C9H20OP/c1-6-7(2)8(3)9(4)11(5)10/h7-9H,6H2,1-5H3/q+1. The van der Waals surface area contributed by atoms with Crippen molar-refractivity contribution in [2.24, 2.45) is 11.8 Å².